The Morgan fingerprint density at radius 1 is 1.27 bits per heavy atom. The molecule has 2 rings (SSSR count). The van der Waals surface area contributed by atoms with Crippen molar-refractivity contribution in [2.45, 2.75) is 26.2 Å². The molecule has 22 heavy (non-hydrogen) atoms. The van der Waals surface area contributed by atoms with Gasteiger partial charge in [-0.05, 0) is 31.0 Å². The van der Waals surface area contributed by atoms with Crippen LogP contribution in [0.3, 0.4) is 0 Å². The second kappa shape index (κ2) is 7.03. The van der Waals surface area contributed by atoms with Gasteiger partial charge in [-0.1, -0.05) is 23.2 Å². The average Bonchev–Trinajstić information content (AvgIpc) is 2.73. The summed E-state index contributed by atoms with van der Waals surface area (Å²) in [6.07, 6.45) is 0.703. The fourth-order valence-electron chi connectivity index (χ4n) is 2.37. The minimum absolute atomic E-state index is 0.0576. The summed E-state index contributed by atoms with van der Waals surface area (Å²) >= 11 is 12.1. The van der Waals surface area contributed by atoms with Crippen molar-refractivity contribution in [2.24, 2.45) is 5.73 Å². The largest absolute Gasteiger partial charge is 0.466 e. The van der Waals surface area contributed by atoms with Gasteiger partial charge >= 0.3 is 5.97 Å². The van der Waals surface area contributed by atoms with Gasteiger partial charge in [0.2, 0.25) is 5.91 Å². The van der Waals surface area contributed by atoms with Crippen LogP contribution in [0.4, 0.5) is 0 Å². The van der Waals surface area contributed by atoms with Crippen molar-refractivity contribution >= 4 is 46.0 Å². The molecule has 0 atom stereocenters. The van der Waals surface area contributed by atoms with E-state index in [4.69, 9.17) is 33.7 Å². The lowest BCUT2D eigenvalue weighted by Gasteiger charge is -2.04. The Labute approximate surface area is 137 Å². The number of aryl methyl sites for hydroxylation is 1. The molecular formula is C15H16Cl2N2O3. The Bertz CT molecular complexity index is 725. The van der Waals surface area contributed by atoms with Crippen LogP contribution in [0.15, 0.2) is 12.1 Å². The second-order valence-corrected chi connectivity index (χ2v) is 5.66. The Kier molecular flexibility index (Phi) is 5.32. The lowest BCUT2D eigenvalue weighted by atomic mass is 10.0. The summed E-state index contributed by atoms with van der Waals surface area (Å²) in [5.41, 5.74) is 7.54. The molecule has 1 heterocycles. The molecule has 0 radical (unpaired) electrons. The zero-order valence-electron chi connectivity index (χ0n) is 12.0. The molecule has 1 aromatic heterocycles. The molecule has 0 saturated heterocycles. The minimum atomic E-state index is -0.457. The normalized spacial score (nSPS) is 10.9. The third-order valence-electron chi connectivity index (χ3n) is 3.27. The molecule has 0 spiro atoms. The van der Waals surface area contributed by atoms with E-state index in [1.54, 1.807) is 19.1 Å². The molecule has 0 fully saturated rings. The predicted octanol–water partition coefficient (Wildman–Crippen LogP) is 3.00. The number of H-pyrrole nitrogens is 1. The number of aromatic nitrogens is 1. The van der Waals surface area contributed by atoms with Crippen molar-refractivity contribution in [1.82, 2.24) is 4.98 Å². The number of esters is 1. The van der Waals surface area contributed by atoms with E-state index in [-0.39, 0.29) is 18.8 Å². The number of carbonyl (C=O) groups excluding carboxylic acids is 2. The van der Waals surface area contributed by atoms with Crippen molar-refractivity contribution < 1.29 is 14.3 Å². The number of rotatable bonds is 6. The van der Waals surface area contributed by atoms with E-state index in [0.29, 0.717) is 28.8 Å². The summed E-state index contributed by atoms with van der Waals surface area (Å²) in [5.74, 6) is -0.747. The van der Waals surface area contributed by atoms with Crippen LogP contribution >= 0.6 is 23.2 Å². The maximum absolute atomic E-state index is 11.6. The highest BCUT2D eigenvalue weighted by atomic mass is 35.5. The molecule has 0 unspecified atom stereocenters. The van der Waals surface area contributed by atoms with Gasteiger partial charge in [0, 0.05) is 23.0 Å². The highest BCUT2D eigenvalue weighted by Crippen LogP contribution is 2.32. The van der Waals surface area contributed by atoms with Crippen LogP contribution in [-0.2, 0) is 27.2 Å². The number of hydrogen-bond donors (Lipinski definition) is 2. The number of hydrogen-bond acceptors (Lipinski definition) is 3. The van der Waals surface area contributed by atoms with Crippen LogP contribution in [0.1, 0.15) is 24.6 Å². The number of fused-ring (bicyclic) bond motifs is 1. The number of amides is 1. The summed E-state index contributed by atoms with van der Waals surface area (Å²) in [6, 6.07) is 3.41. The van der Waals surface area contributed by atoms with Gasteiger partial charge in [0.15, 0.2) is 0 Å². The Morgan fingerprint density at radius 2 is 1.95 bits per heavy atom. The maximum Gasteiger partial charge on any atom is 0.306 e. The third-order valence-corrected chi connectivity index (χ3v) is 3.99. The molecule has 0 bridgehead atoms. The van der Waals surface area contributed by atoms with Gasteiger partial charge < -0.3 is 15.5 Å². The fourth-order valence-corrected chi connectivity index (χ4v) is 2.70. The fraction of sp³-hybridized carbons (Fsp3) is 0.333. The van der Waals surface area contributed by atoms with Gasteiger partial charge in [0.25, 0.3) is 0 Å². The summed E-state index contributed by atoms with van der Waals surface area (Å²) in [5, 5.41) is 1.66. The molecule has 1 amide bonds. The smallest absolute Gasteiger partial charge is 0.306 e. The molecule has 118 valence electrons. The van der Waals surface area contributed by atoms with Crippen LogP contribution in [0.5, 0.6) is 0 Å². The molecule has 0 aliphatic heterocycles. The van der Waals surface area contributed by atoms with Crippen molar-refractivity contribution in [3.05, 3.63) is 33.4 Å². The van der Waals surface area contributed by atoms with Crippen molar-refractivity contribution in [3.8, 4) is 0 Å². The summed E-state index contributed by atoms with van der Waals surface area (Å²) in [7, 11) is 0. The highest BCUT2D eigenvalue weighted by Gasteiger charge is 2.16. The van der Waals surface area contributed by atoms with E-state index >= 15 is 0 Å². The average molecular weight is 343 g/mol. The number of primary amides is 1. The Hall–Kier alpha value is -1.72. The molecule has 7 heteroatoms. The number of nitrogens with one attached hydrogen (secondary N) is 1. The van der Waals surface area contributed by atoms with E-state index < -0.39 is 5.91 Å². The van der Waals surface area contributed by atoms with E-state index in [2.05, 4.69) is 4.98 Å². The standard InChI is InChI=1S/C15H16Cl2N2O3/c1-2-22-15(21)4-3-8-9-5-10(16)11(17)6-12(9)19-13(8)7-14(18)20/h5-6,19H,2-4,7H2,1H3,(H2,18,20). The van der Waals surface area contributed by atoms with Crippen molar-refractivity contribution in [1.29, 1.82) is 0 Å². The predicted molar refractivity (Wildman–Crippen MR) is 86.2 cm³/mol. The lowest BCUT2D eigenvalue weighted by molar-refractivity contribution is -0.143. The first kappa shape index (κ1) is 16.6. The van der Waals surface area contributed by atoms with Crippen LogP contribution in [0.2, 0.25) is 10.0 Å². The third kappa shape index (κ3) is 3.72. The maximum atomic E-state index is 11.6. The highest BCUT2D eigenvalue weighted by molar-refractivity contribution is 6.42. The van der Waals surface area contributed by atoms with Crippen molar-refractivity contribution in [2.75, 3.05) is 6.61 Å². The topological polar surface area (TPSA) is 85.2 Å². The quantitative estimate of drug-likeness (QED) is 0.791. The lowest BCUT2D eigenvalue weighted by Crippen LogP contribution is -2.15. The second-order valence-electron chi connectivity index (χ2n) is 4.84. The minimum Gasteiger partial charge on any atom is -0.466 e. The SMILES string of the molecule is CCOC(=O)CCc1c(CC(N)=O)[nH]c2cc(Cl)c(Cl)cc12. The first-order valence-corrected chi connectivity index (χ1v) is 7.60. The van der Waals surface area contributed by atoms with Crippen molar-refractivity contribution in [3.63, 3.8) is 0 Å². The van der Waals surface area contributed by atoms with Gasteiger partial charge in [-0.2, -0.15) is 0 Å². The molecule has 1 aromatic carbocycles. The van der Waals surface area contributed by atoms with E-state index in [9.17, 15) is 9.59 Å². The number of carbonyl (C=O) groups is 2. The zero-order chi connectivity index (χ0) is 16.3. The van der Waals surface area contributed by atoms with E-state index in [1.165, 1.54) is 0 Å². The molecule has 3 N–H and O–H groups in total. The van der Waals surface area contributed by atoms with Gasteiger partial charge in [0.1, 0.15) is 0 Å². The summed E-state index contributed by atoms with van der Waals surface area (Å²) in [4.78, 5) is 25.9. The molecule has 0 saturated carbocycles. The Balaban J connectivity index is 2.40. The van der Waals surface area contributed by atoms with Gasteiger partial charge in [0.05, 0.1) is 23.1 Å². The molecular weight excluding hydrogens is 327 g/mol. The van der Waals surface area contributed by atoms with Crippen LogP contribution in [-0.4, -0.2) is 23.5 Å². The molecule has 5 nitrogen and oxygen atoms in total. The first-order chi connectivity index (χ1) is 10.4. The van der Waals surface area contributed by atoms with Gasteiger partial charge in [-0.3, -0.25) is 9.59 Å². The number of benzene rings is 1. The van der Waals surface area contributed by atoms with Crippen LogP contribution < -0.4 is 5.73 Å². The van der Waals surface area contributed by atoms with E-state index in [0.717, 1.165) is 16.5 Å². The van der Waals surface area contributed by atoms with Crippen LogP contribution in [0, 0.1) is 0 Å². The first-order valence-electron chi connectivity index (χ1n) is 6.84. The summed E-state index contributed by atoms with van der Waals surface area (Å²) < 4.78 is 4.93. The molecule has 0 aliphatic carbocycles. The molecule has 2 aromatic rings. The summed E-state index contributed by atoms with van der Waals surface area (Å²) in [6.45, 7) is 2.09. The van der Waals surface area contributed by atoms with Crippen LogP contribution in [0.25, 0.3) is 10.9 Å². The number of nitrogens with two attached hydrogens (primary N) is 1. The monoisotopic (exact) mass is 342 g/mol. The van der Waals surface area contributed by atoms with Gasteiger partial charge in [-0.15, -0.1) is 0 Å². The zero-order valence-corrected chi connectivity index (χ0v) is 13.6. The molecule has 0 aliphatic rings. The Morgan fingerprint density at radius 3 is 2.59 bits per heavy atom. The number of aromatic amines is 1. The number of ether oxygens (including phenoxy) is 1. The van der Waals surface area contributed by atoms with Gasteiger partial charge in [-0.25, -0.2) is 0 Å². The number of halogens is 2. The van der Waals surface area contributed by atoms with E-state index in [1.807, 2.05) is 0 Å².